The minimum Gasteiger partial charge on any atom is -0.392 e. The van der Waals surface area contributed by atoms with Gasteiger partial charge in [-0.2, -0.15) is 13.2 Å². The van der Waals surface area contributed by atoms with Crippen molar-refractivity contribution >= 4 is 29.0 Å². The third-order valence-corrected chi connectivity index (χ3v) is 2.48. The first kappa shape index (κ1) is 16.9. The Labute approximate surface area is 123 Å². The number of carbonyl (C=O) groups excluding carboxylic acids is 2. The fourth-order valence-corrected chi connectivity index (χ4v) is 1.44. The maximum atomic E-state index is 12.5. The minimum atomic E-state index is -4.46. The van der Waals surface area contributed by atoms with E-state index in [0.29, 0.717) is 0 Å². The minimum absolute atomic E-state index is 0.00836. The van der Waals surface area contributed by atoms with Gasteiger partial charge in [0.1, 0.15) is 0 Å². The summed E-state index contributed by atoms with van der Waals surface area (Å²) in [5, 5.41) is 4.36. The van der Waals surface area contributed by atoms with Gasteiger partial charge in [0.2, 0.25) is 0 Å². The Kier molecular flexibility index (Phi) is 5.65. The lowest BCUT2D eigenvalue weighted by atomic mass is 10.1. The standard InChI is InChI=1S/C12H12F3N3O2S/c13-12(14,15)8-3-1-2-7(4-8)5-17-10(19)11(20)18-6-9(16)21/h1-4H,5-6H2,(H2,16,21)(H,17,19)(H,18,20). The highest BCUT2D eigenvalue weighted by molar-refractivity contribution is 7.80. The van der Waals surface area contributed by atoms with Crippen LogP contribution >= 0.6 is 12.2 Å². The van der Waals surface area contributed by atoms with Crippen LogP contribution in [0.15, 0.2) is 24.3 Å². The molecule has 1 aromatic carbocycles. The molecule has 0 aromatic heterocycles. The lowest BCUT2D eigenvalue weighted by Gasteiger charge is -2.09. The van der Waals surface area contributed by atoms with Crippen LogP contribution in [0.25, 0.3) is 0 Å². The molecule has 114 valence electrons. The first-order valence-corrected chi connectivity index (χ1v) is 6.11. The fraction of sp³-hybridized carbons (Fsp3) is 0.250. The second-order valence-corrected chi connectivity index (χ2v) is 4.55. The molecule has 0 aliphatic heterocycles. The molecule has 0 unspecified atom stereocenters. The highest BCUT2D eigenvalue weighted by Crippen LogP contribution is 2.29. The zero-order valence-electron chi connectivity index (χ0n) is 10.7. The fourth-order valence-electron chi connectivity index (χ4n) is 1.37. The first-order valence-electron chi connectivity index (χ1n) is 5.70. The zero-order valence-corrected chi connectivity index (χ0v) is 11.5. The maximum Gasteiger partial charge on any atom is 0.416 e. The van der Waals surface area contributed by atoms with Crippen LogP contribution in [0.5, 0.6) is 0 Å². The summed E-state index contributed by atoms with van der Waals surface area (Å²) in [5.74, 6) is -1.95. The van der Waals surface area contributed by atoms with Gasteiger partial charge in [0.15, 0.2) is 0 Å². The van der Waals surface area contributed by atoms with Gasteiger partial charge in [0, 0.05) is 6.54 Å². The maximum absolute atomic E-state index is 12.5. The van der Waals surface area contributed by atoms with Crippen molar-refractivity contribution in [3.05, 3.63) is 35.4 Å². The van der Waals surface area contributed by atoms with Crippen LogP contribution < -0.4 is 16.4 Å². The Balaban J connectivity index is 2.57. The van der Waals surface area contributed by atoms with Crippen LogP contribution in [-0.2, 0) is 22.3 Å². The van der Waals surface area contributed by atoms with Crippen LogP contribution in [0.2, 0.25) is 0 Å². The number of amides is 2. The quantitative estimate of drug-likeness (QED) is 0.564. The van der Waals surface area contributed by atoms with Crippen LogP contribution in [0, 0.1) is 0 Å². The average Bonchev–Trinajstić information content (AvgIpc) is 2.41. The summed E-state index contributed by atoms with van der Waals surface area (Å²) in [4.78, 5) is 22.7. The molecule has 5 nitrogen and oxygen atoms in total. The molecule has 0 spiro atoms. The van der Waals surface area contributed by atoms with Crippen molar-refractivity contribution in [3.8, 4) is 0 Å². The number of nitrogens with one attached hydrogen (secondary N) is 2. The van der Waals surface area contributed by atoms with E-state index in [2.05, 4.69) is 22.9 Å². The van der Waals surface area contributed by atoms with Crippen molar-refractivity contribution in [1.29, 1.82) is 0 Å². The number of halogens is 3. The number of carbonyl (C=O) groups is 2. The van der Waals surface area contributed by atoms with Crippen molar-refractivity contribution in [2.75, 3.05) is 6.54 Å². The summed E-state index contributed by atoms with van der Waals surface area (Å²) in [5.41, 5.74) is 4.54. The molecule has 0 bridgehead atoms. The third kappa shape index (κ3) is 5.78. The summed E-state index contributed by atoms with van der Waals surface area (Å²) >= 11 is 4.52. The number of benzene rings is 1. The number of hydrogen-bond donors (Lipinski definition) is 3. The molecular formula is C12H12F3N3O2S. The van der Waals surface area contributed by atoms with Crippen molar-refractivity contribution < 1.29 is 22.8 Å². The number of rotatable bonds is 4. The zero-order chi connectivity index (χ0) is 16.0. The van der Waals surface area contributed by atoms with E-state index in [1.807, 2.05) is 0 Å². The second-order valence-electron chi connectivity index (χ2n) is 4.03. The molecular weight excluding hydrogens is 307 g/mol. The topological polar surface area (TPSA) is 84.2 Å². The molecule has 9 heteroatoms. The summed E-state index contributed by atoms with van der Waals surface area (Å²) in [7, 11) is 0. The van der Waals surface area contributed by atoms with E-state index >= 15 is 0 Å². The van der Waals surface area contributed by atoms with Crippen molar-refractivity contribution in [1.82, 2.24) is 10.6 Å². The molecule has 0 fully saturated rings. The third-order valence-electron chi connectivity index (χ3n) is 2.34. The number of alkyl halides is 3. The number of thiocarbonyl (C=S) groups is 1. The Bertz CT molecular complexity index is 561. The van der Waals surface area contributed by atoms with Gasteiger partial charge in [-0.25, -0.2) is 0 Å². The van der Waals surface area contributed by atoms with Crippen molar-refractivity contribution in [2.24, 2.45) is 5.73 Å². The molecule has 0 saturated heterocycles. The van der Waals surface area contributed by atoms with E-state index in [4.69, 9.17) is 5.73 Å². The van der Waals surface area contributed by atoms with Gasteiger partial charge < -0.3 is 16.4 Å². The molecule has 0 radical (unpaired) electrons. The van der Waals surface area contributed by atoms with E-state index in [0.717, 1.165) is 12.1 Å². The van der Waals surface area contributed by atoms with Crippen LogP contribution in [-0.4, -0.2) is 23.3 Å². The van der Waals surface area contributed by atoms with Gasteiger partial charge in [0.25, 0.3) is 0 Å². The van der Waals surface area contributed by atoms with Crippen LogP contribution in [0.4, 0.5) is 13.2 Å². The lowest BCUT2D eigenvalue weighted by Crippen LogP contribution is -2.42. The second kappa shape index (κ2) is 7.02. The highest BCUT2D eigenvalue weighted by atomic mass is 32.1. The largest absolute Gasteiger partial charge is 0.416 e. The molecule has 0 aliphatic rings. The molecule has 0 saturated carbocycles. The van der Waals surface area contributed by atoms with Crippen molar-refractivity contribution in [2.45, 2.75) is 12.7 Å². The van der Waals surface area contributed by atoms with Gasteiger partial charge >= 0.3 is 18.0 Å². The first-order chi connectivity index (χ1) is 9.70. The van der Waals surface area contributed by atoms with Gasteiger partial charge in [-0.05, 0) is 17.7 Å². The van der Waals surface area contributed by atoms with Crippen LogP contribution in [0.1, 0.15) is 11.1 Å². The lowest BCUT2D eigenvalue weighted by molar-refractivity contribution is -0.139. The summed E-state index contributed by atoms with van der Waals surface area (Å²) < 4.78 is 37.5. The van der Waals surface area contributed by atoms with Crippen LogP contribution in [0.3, 0.4) is 0 Å². The Morgan fingerprint density at radius 2 is 1.81 bits per heavy atom. The smallest absolute Gasteiger partial charge is 0.392 e. The molecule has 4 N–H and O–H groups in total. The summed E-state index contributed by atoms with van der Waals surface area (Å²) in [6.07, 6.45) is -4.46. The molecule has 2 amide bonds. The molecule has 1 aromatic rings. The molecule has 0 atom stereocenters. The molecule has 1 rings (SSSR count). The SMILES string of the molecule is NC(=S)CNC(=O)C(=O)NCc1cccc(C(F)(F)F)c1. The summed E-state index contributed by atoms with van der Waals surface area (Å²) in [6, 6.07) is 4.44. The predicted octanol–water partition coefficient (Wildman–Crippen LogP) is 0.724. The molecule has 21 heavy (non-hydrogen) atoms. The van der Waals surface area contributed by atoms with Gasteiger partial charge in [-0.3, -0.25) is 9.59 Å². The molecule has 0 aliphatic carbocycles. The van der Waals surface area contributed by atoms with Crippen molar-refractivity contribution in [3.63, 3.8) is 0 Å². The van der Waals surface area contributed by atoms with Gasteiger partial charge in [0.05, 0.1) is 17.1 Å². The normalized spacial score (nSPS) is 10.8. The Morgan fingerprint density at radius 1 is 1.19 bits per heavy atom. The Morgan fingerprint density at radius 3 is 2.38 bits per heavy atom. The van der Waals surface area contributed by atoms with E-state index in [1.54, 1.807) is 0 Å². The molecule has 0 heterocycles. The number of nitrogens with two attached hydrogens (primary N) is 1. The number of hydrogen-bond acceptors (Lipinski definition) is 3. The van der Waals surface area contributed by atoms with Gasteiger partial charge in [-0.15, -0.1) is 0 Å². The highest BCUT2D eigenvalue weighted by Gasteiger charge is 2.30. The van der Waals surface area contributed by atoms with Gasteiger partial charge in [-0.1, -0.05) is 24.4 Å². The van der Waals surface area contributed by atoms with E-state index in [-0.39, 0.29) is 23.6 Å². The van der Waals surface area contributed by atoms with E-state index in [9.17, 15) is 22.8 Å². The summed E-state index contributed by atoms with van der Waals surface area (Å²) in [6.45, 7) is -0.339. The van der Waals surface area contributed by atoms with E-state index < -0.39 is 23.6 Å². The Hall–Kier alpha value is -2.16. The predicted molar refractivity (Wildman–Crippen MR) is 73.1 cm³/mol. The van der Waals surface area contributed by atoms with E-state index in [1.165, 1.54) is 12.1 Å². The average molecular weight is 319 g/mol. The monoisotopic (exact) mass is 319 g/mol.